The number of hydrogen-bond acceptors (Lipinski definition) is 5. The highest BCUT2D eigenvalue weighted by atomic mass is 32.2. The predicted molar refractivity (Wildman–Crippen MR) is 78.5 cm³/mol. The molecule has 1 saturated heterocycles. The number of aryl methyl sites for hydroxylation is 1. The first-order valence-electron chi connectivity index (χ1n) is 6.03. The molecule has 5 nitrogen and oxygen atoms in total. The van der Waals surface area contributed by atoms with Crippen LogP contribution in [0.25, 0.3) is 0 Å². The van der Waals surface area contributed by atoms with Crippen LogP contribution in [0.15, 0.2) is 10.3 Å². The van der Waals surface area contributed by atoms with Crippen molar-refractivity contribution in [3.8, 4) is 0 Å². The smallest absolute Gasteiger partial charge is 0.244 e. The Labute approximate surface area is 120 Å². The zero-order valence-corrected chi connectivity index (χ0v) is 13.5. The van der Waals surface area contributed by atoms with Crippen molar-refractivity contribution in [2.45, 2.75) is 18.4 Å². The third-order valence-corrected chi connectivity index (χ3v) is 7.70. The van der Waals surface area contributed by atoms with Crippen LogP contribution in [0.1, 0.15) is 10.4 Å². The molecule has 1 aliphatic heterocycles. The Morgan fingerprint density at radius 3 is 2.63 bits per heavy atom. The molecule has 0 spiro atoms. The number of sulfonamides is 1. The van der Waals surface area contributed by atoms with E-state index in [0.29, 0.717) is 36.0 Å². The highest BCUT2D eigenvalue weighted by molar-refractivity contribution is 7.89. The van der Waals surface area contributed by atoms with Gasteiger partial charge in [0.2, 0.25) is 10.0 Å². The monoisotopic (exact) mass is 322 g/mol. The Bertz CT molecular complexity index is 570. The number of rotatable bonds is 4. The van der Waals surface area contributed by atoms with Crippen LogP contribution in [0.2, 0.25) is 0 Å². The van der Waals surface area contributed by atoms with Gasteiger partial charge in [-0.1, -0.05) is 0 Å². The highest BCUT2D eigenvalue weighted by Crippen LogP contribution is 2.29. The van der Waals surface area contributed by atoms with Crippen LogP contribution in [0.4, 0.5) is 0 Å². The third kappa shape index (κ3) is 3.08. The van der Waals surface area contributed by atoms with Crippen molar-refractivity contribution in [1.29, 1.82) is 0 Å². The first kappa shape index (κ1) is 15.1. The Hall–Kier alpha value is -0.280. The highest BCUT2D eigenvalue weighted by Gasteiger charge is 2.31. The average Bonchev–Trinajstić information content (AvgIpc) is 2.72. The van der Waals surface area contributed by atoms with Crippen LogP contribution in [0.5, 0.6) is 0 Å². The largest absolute Gasteiger partial charge is 0.315 e. The summed E-state index contributed by atoms with van der Waals surface area (Å²) in [5.41, 5.74) is 0.793. The van der Waals surface area contributed by atoms with Gasteiger partial charge in [-0.05, 0) is 24.9 Å². The lowest BCUT2D eigenvalue weighted by molar-refractivity contribution is 0.438. The minimum atomic E-state index is -3.46. The minimum absolute atomic E-state index is 0.350. The first-order chi connectivity index (χ1) is 8.96. The Balaban J connectivity index is 2.34. The summed E-state index contributed by atoms with van der Waals surface area (Å²) >= 11 is 1.46. The van der Waals surface area contributed by atoms with Crippen LogP contribution in [0.3, 0.4) is 0 Å². The molecule has 1 fully saturated rings. The van der Waals surface area contributed by atoms with E-state index in [-0.39, 0.29) is 0 Å². The van der Waals surface area contributed by atoms with Gasteiger partial charge in [0.25, 0.3) is 0 Å². The second-order valence-corrected chi connectivity index (χ2v) is 8.99. The number of hydrogen-bond donors (Lipinski definition) is 1. The van der Waals surface area contributed by atoms with E-state index in [1.807, 2.05) is 12.3 Å². The molecule has 0 amide bonds. The predicted octanol–water partition coefficient (Wildman–Crippen LogP) is 0.529. The summed E-state index contributed by atoms with van der Waals surface area (Å²) in [6.45, 7) is 3.07. The van der Waals surface area contributed by atoms with Gasteiger partial charge in [-0.3, -0.25) is 4.21 Å². The molecule has 2 rings (SSSR count). The van der Waals surface area contributed by atoms with Gasteiger partial charge in [0, 0.05) is 46.8 Å². The SMILES string of the molecule is CNCc1scc(C)c1S(=O)(=O)N1CCS(=O)CC1. The van der Waals surface area contributed by atoms with Crippen molar-refractivity contribution in [3.63, 3.8) is 0 Å². The van der Waals surface area contributed by atoms with E-state index in [2.05, 4.69) is 5.32 Å². The maximum absolute atomic E-state index is 12.7. The Morgan fingerprint density at radius 1 is 1.42 bits per heavy atom. The van der Waals surface area contributed by atoms with Crippen LogP contribution < -0.4 is 5.32 Å². The van der Waals surface area contributed by atoms with E-state index >= 15 is 0 Å². The molecule has 0 saturated carbocycles. The van der Waals surface area contributed by atoms with Gasteiger partial charge in [-0.15, -0.1) is 11.3 Å². The molecule has 8 heteroatoms. The fourth-order valence-electron chi connectivity index (χ4n) is 2.11. The average molecular weight is 322 g/mol. The minimum Gasteiger partial charge on any atom is -0.315 e. The van der Waals surface area contributed by atoms with E-state index < -0.39 is 20.8 Å². The van der Waals surface area contributed by atoms with E-state index in [1.54, 1.807) is 7.05 Å². The molecule has 0 aromatic carbocycles. The van der Waals surface area contributed by atoms with Crippen molar-refractivity contribution in [3.05, 3.63) is 15.8 Å². The summed E-state index contributed by atoms with van der Waals surface area (Å²) in [6, 6.07) is 0. The van der Waals surface area contributed by atoms with Gasteiger partial charge in [-0.25, -0.2) is 8.42 Å². The lowest BCUT2D eigenvalue weighted by Gasteiger charge is -2.26. The summed E-state index contributed by atoms with van der Waals surface area (Å²) in [6.07, 6.45) is 0. The normalized spacial score (nSPS) is 18.8. The van der Waals surface area contributed by atoms with E-state index in [0.717, 1.165) is 10.4 Å². The zero-order chi connectivity index (χ0) is 14.0. The molecular formula is C11H18N2O3S3. The van der Waals surface area contributed by atoms with E-state index in [1.165, 1.54) is 15.6 Å². The molecule has 0 atom stereocenters. The molecule has 1 aliphatic rings. The number of nitrogens with zero attached hydrogens (tertiary/aromatic N) is 1. The van der Waals surface area contributed by atoms with Gasteiger partial charge in [0.05, 0.1) is 0 Å². The van der Waals surface area contributed by atoms with Crippen molar-refractivity contribution in [1.82, 2.24) is 9.62 Å². The van der Waals surface area contributed by atoms with Gasteiger partial charge in [0.15, 0.2) is 0 Å². The fourth-order valence-corrected chi connectivity index (χ4v) is 6.60. The summed E-state index contributed by atoms with van der Waals surface area (Å²) in [7, 11) is -2.53. The fraction of sp³-hybridized carbons (Fsp3) is 0.636. The topological polar surface area (TPSA) is 66.5 Å². The van der Waals surface area contributed by atoms with E-state index in [4.69, 9.17) is 0 Å². The maximum Gasteiger partial charge on any atom is 0.244 e. The van der Waals surface area contributed by atoms with Crippen LogP contribution in [-0.2, 0) is 27.4 Å². The van der Waals surface area contributed by atoms with E-state index in [9.17, 15) is 12.6 Å². The lowest BCUT2D eigenvalue weighted by atomic mass is 10.3. The summed E-state index contributed by atoms with van der Waals surface area (Å²) in [5, 5.41) is 4.88. The van der Waals surface area contributed by atoms with Crippen LogP contribution in [-0.4, -0.2) is 48.6 Å². The molecule has 1 N–H and O–H groups in total. The summed E-state index contributed by atoms with van der Waals surface area (Å²) in [4.78, 5) is 1.27. The first-order valence-corrected chi connectivity index (χ1v) is 9.84. The molecule has 1 aromatic rings. The van der Waals surface area contributed by atoms with Crippen molar-refractivity contribution in [2.75, 3.05) is 31.6 Å². The summed E-state index contributed by atoms with van der Waals surface area (Å²) in [5.74, 6) is 0.869. The molecule has 19 heavy (non-hydrogen) atoms. The maximum atomic E-state index is 12.7. The van der Waals surface area contributed by atoms with Gasteiger partial charge in [0.1, 0.15) is 4.90 Å². The van der Waals surface area contributed by atoms with Crippen molar-refractivity contribution in [2.24, 2.45) is 0 Å². The van der Waals surface area contributed by atoms with Crippen molar-refractivity contribution >= 4 is 32.2 Å². The van der Waals surface area contributed by atoms with Crippen LogP contribution >= 0.6 is 11.3 Å². The Kier molecular flexibility index (Phi) is 4.78. The second kappa shape index (κ2) is 6.01. The second-order valence-electron chi connectivity index (χ2n) is 4.45. The lowest BCUT2D eigenvalue weighted by Crippen LogP contribution is -2.42. The molecule has 2 heterocycles. The van der Waals surface area contributed by atoms with Gasteiger partial charge in [-0.2, -0.15) is 4.31 Å². The standard InChI is InChI=1S/C11H18N2O3S3/c1-9-8-17-10(7-12-2)11(9)19(15,16)13-3-5-18(14)6-4-13/h8,12H,3-7H2,1-2H3. The Morgan fingerprint density at radius 2 is 2.05 bits per heavy atom. The summed E-state index contributed by atoms with van der Waals surface area (Å²) < 4.78 is 38.2. The zero-order valence-electron chi connectivity index (χ0n) is 11.0. The quantitative estimate of drug-likeness (QED) is 0.878. The van der Waals surface area contributed by atoms with Gasteiger partial charge >= 0.3 is 0 Å². The number of nitrogens with one attached hydrogen (secondary N) is 1. The number of thiophene rings is 1. The third-order valence-electron chi connectivity index (χ3n) is 3.06. The molecule has 108 valence electrons. The van der Waals surface area contributed by atoms with Crippen molar-refractivity contribution < 1.29 is 12.6 Å². The molecule has 0 radical (unpaired) electrons. The molecule has 0 unspecified atom stereocenters. The molecule has 0 bridgehead atoms. The van der Waals surface area contributed by atoms with Crippen LogP contribution in [0, 0.1) is 6.92 Å². The molecular weight excluding hydrogens is 304 g/mol. The van der Waals surface area contributed by atoms with Gasteiger partial charge < -0.3 is 5.32 Å². The molecule has 0 aliphatic carbocycles. The molecule has 1 aromatic heterocycles.